The maximum atomic E-state index is 12.3. The number of aromatic nitrogens is 2. The van der Waals surface area contributed by atoms with E-state index >= 15 is 0 Å². The Morgan fingerprint density at radius 2 is 1.85 bits per heavy atom. The molecule has 0 amide bonds. The quantitative estimate of drug-likeness (QED) is 0.764. The second kappa shape index (κ2) is 4.43. The molecule has 0 spiro atoms. The first-order chi connectivity index (χ1) is 9.51. The summed E-state index contributed by atoms with van der Waals surface area (Å²) in [5, 5.41) is 3.08. The molecule has 0 atom stereocenters. The highest BCUT2D eigenvalue weighted by atomic mass is 32.2. The number of fused-ring (bicyclic) bond motifs is 1. The van der Waals surface area contributed by atoms with Crippen molar-refractivity contribution < 1.29 is 8.42 Å². The number of nitrogens with one attached hydrogen (secondary N) is 1. The van der Waals surface area contributed by atoms with E-state index in [1.54, 1.807) is 23.6 Å². The van der Waals surface area contributed by atoms with E-state index < -0.39 is 21.3 Å². The summed E-state index contributed by atoms with van der Waals surface area (Å²) in [5.74, 6) is 0. The molecule has 0 radical (unpaired) electrons. The monoisotopic (exact) mass is 308 g/mol. The molecule has 0 aliphatic rings. The Morgan fingerprint density at radius 1 is 1.10 bits per heavy atom. The Kier molecular flexibility index (Phi) is 2.84. The fourth-order valence-corrected chi connectivity index (χ4v) is 4.16. The maximum Gasteiger partial charge on any atom is 0.343 e. The van der Waals surface area contributed by atoms with E-state index in [1.807, 2.05) is 0 Å². The lowest BCUT2D eigenvalue weighted by molar-refractivity contribution is 0.583. The Bertz CT molecular complexity index is 998. The number of benzene rings is 1. The van der Waals surface area contributed by atoms with Crippen LogP contribution in [0.4, 0.5) is 0 Å². The van der Waals surface area contributed by atoms with E-state index in [2.05, 4.69) is 4.98 Å². The van der Waals surface area contributed by atoms with Crippen LogP contribution in [0.2, 0.25) is 0 Å². The minimum atomic E-state index is -4.18. The summed E-state index contributed by atoms with van der Waals surface area (Å²) in [6.45, 7) is 0. The summed E-state index contributed by atoms with van der Waals surface area (Å²) >= 11 is 1.17. The topological polar surface area (TPSA) is 89.0 Å². The van der Waals surface area contributed by atoms with Crippen LogP contribution >= 0.6 is 11.3 Å². The highest BCUT2D eigenvalue weighted by Gasteiger charge is 2.23. The van der Waals surface area contributed by atoms with Gasteiger partial charge in [-0.25, -0.2) is 13.2 Å². The summed E-state index contributed by atoms with van der Waals surface area (Å²) in [6, 6.07) is 7.60. The zero-order chi connectivity index (χ0) is 14.3. The maximum absolute atomic E-state index is 12.3. The Morgan fingerprint density at radius 3 is 2.55 bits per heavy atom. The van der Waals surface area contributed by atoms with E-state index in [4.69, 9.17) is 0 Å². The van der Waals surface area contributed by atoms with Crippen LogP contribution < -0.4 is 11.2 Å². The van der Waals surface area contributed by atoms with Gasteiger partial charge in [-0.2, -0.15) is 11.3 Å². The van der Waals surface area contributed by atoms with Gasteiger partial charge in [0.2, 0.25) is 0 Å². The van der Waals surface area contributed by atoms with Crippen molar-refractivity contribution in [2.75, 3.05) is 0 Å². The number of nitrogens with zero attached hydrogens (tertiary/aromatic N) is 1. The van der Waals surface area contributed by atoms with Gasteiger partial charge in [0, 0.05) is 5.38 Å². The first-order valence-electron chi connectivity index (χ1n) is 5.53. The molecule has 0 aliphatic carbocycles. The second-order valence-corrected chi connectivity index (χ2v) is 6.58. The van der Waals surface area contributed by atoms with Gasteiger partial charge in [-0.3, -0.25) is 4.79 Å². The van der Waals surface area contributed by atoms with Crippen LogP contribution in [0, 0.1) is 0 Å². The molecule has 6 nitrogen and oxygen atoms in total. The van der Waals surface area contributed by atoms with Gasteiger partial charge in [-0.1, -0.05) is 12.1 Å². The fourth-order valence-electron chi connectivity index (χ4n) is 1.87. The van der Waals surface area contributed by atoms with Crippen molar-refractivity contribution in [2.24, 2.45) is 0 Å². The van der Waals surface area contributed by atoms with Gasteiger partial charge in [-0.15, -0.1) is 3.97 Å². The lowest BCUT2D eigenvalue weighted by atomic mass is 10.2. The molecule has 102 valence electrons. The minimum absolute atomic E-state index is 0.0784. The summed E-state index contributed by atoms with van der Waals surface area (Å²) < 4.78 is 24.9. The van der Waals surface area contributed by atoms with Gasteiger partial charge in [0.05, 0.1) is 15.8 Å². The lowest BCUT2D eigenvalue weighted by Crippen LogP contribution is -2.39. The standard InChI is InChI=1S/C12H8N2O4S2/c15-11-9-3-1-2-4-10(9)13-12(16)14(11)20(17,18)8-5-6-19-7-8/h1-7H,(H,13,16). The largest absolute Gasteiger partial charge is 0.343 e. The molecule has 20 heavy (non-hydrogen) atoms. The Labute approximate surface area is 117 Å². The smallest absolute Gasteiger partial charge is 0.306 e. The van der Waals surface area contributed by atoms with Crippen LogP contribution in [0.3, 0.4) is 0 Å². The first kappa shape index (κ1) is 12.8. The molecular formula is C12H8N2O4S2. The highest BCUT2D eigenvalue weighted by molar-refractivity contribution is 7.90. The number of aromatic amines is 1. The van der Waals surface area contributed by atoms with E-state index in [9.17, 15) is 18.0 Å². The third-order valence-electron chi connectivity index (χ3n) is 2.80. The average Bonchev–Trinajstić information content (AvgIpc) is 2.93. The van der Waals surface area contributed by atoms with Crippen molar-refractivity contribution >= 4 is 32.3 Å². The van der Waals surface area contributed by atoms with Crippen LogP contribution in [-0.4, -0.2) is 17.4 Å². The minimum Gasteiger partial charge on any atom is -0.306 e. The van der Waals surface area contributed by atoms with Crippen LogP contribution in [-0.2, 0) is 10.0 Å². The number of rotatable bonds is 2. The van der Waals surface area contributed by atoms with Crippen LogP contribution in [0.15, 0.2) is 55.6 Å². The van der Waals surface area contributed by atoms with E-state index in [0.717, 1.165) is 0 Å². The van der Waals surface area contributed by atoms with Gasteiger partial charge < -0.3 is 4.98 Å². The van der Waals surface area contributed by atoms with Crippen molar-refractivity contribution in [2.45, 2.75) is 4.90 Å². The van der Waals surface area contributed by atoms with Gasteiger partial charge in [0.25, 0.3) is 15.6 Å². The third kappa shape index (κ3) is 1.81. The van der Waals surface area contributed by atoms with Crippen molar-refractivity contribution in [3.05, 3.63) is 61.9 Å². The first-order valence-corrected chi connectivity index (χ1v) is 7.92. The van der Waals surface area contributed by atoms with Gasteiger partial charge in [-0.05, 0) is 23.6 Å². The molecule has 0 saturated heterocycles. The second-order valence-electron chi connectivity index (χ2n) is 4.01. The van der Waals surface area contributed by atoms with E-state index in [0.29, 0.717) is 5.52 Å². The molecule has 0 aliphatic heterocycles. The van der Waals surface area contributed by atoms with Crippen molar-refractivity contribution in [1.29, 1.82) is 0 Å². The SMILES string of the molecule is O=c1[nH]c2ccccc2c(=O)n1S(=O)(=O)c1ccsc1. The zero-order valence-corrected chi connectivity index (χ0v) is 11.6. The normalized spacial score (nSPS) is 11.8. The molecule has 8 heteroatoms. The molecule has 2 heterocycles. The predicted molar refractivity (Wildman–Crippen MR) is 75.7 cm³/mol. The van der Waals surface area contributed by atoms with Crippen LogP contribution in [0.5, 0.6) is 0 Å². The molecule has 2 aromatic heterocycles. The molecule has 1 aromatic carbocycles. The molecule has 0 saturated carbocycles. The fraction of sp³-hybridized carbons (Fsp3) is 0. The Balaban J connectivity index is 2.45. The molecule has 1 N–H and O–H groups in total. The third-order valence-corrected chi connectivity index (χ3v) is 5.30. The van der Waals surface area contributed by atoms with Crippen LogP contribution in [0.1, 0.15) is 0 Å². The van der Waals surface area contributed by atoms with Gasteiger partial charge >= 0.3 is 5.69 Å². The molecule has 3 rings (SSSR count). The van der Waals surface area contributed by atoms with E-state index in [-0.39, 0.29) is 14.3 Å². The summed E-state index contributed by atoms with van der Waals surface area (Å²) in [6.07, 6.45) is 0. The molecular weight excluding hydrogens is 300 g/mol. The average molecular weight is 308 g/mol. The molecule has 0 unspecified atom stereocenters. The van der Waals surface area contributed by atoms with Gasteiger partial charge in [0.1, 0.15) is 0 Å². The van der Waals surface area contributed by atoms with E-state index in [1.165, 1.54) is 28.8 Å². The molecule has 0 fully saturated rings. The summed E-state index contributed by atoms with van der Waals surface area (Å²) in [7, 11) is -4.18. The number of hydrogen-bond acceptors (Lipinski definition) is 5. The zero-order valence-electron chi connectivity index (χ0n) is 9.94. The van der Waals surface area contributed by atoms with Crippen molar-refractivity contribution in [3.63, 3.8) is 0 Å². The number of para-hydroxylation sites is 1. The number of hydrogen-bond donors (Lipinski definition) is 1. The molecule has 3 aromatic rings. The predicted octanol–water partition coefficient (Wildman–Crippen LogP) is 0.988. The summed E-state index contributed by atoms with van der Waals surface area (Å²) in [4.78, 5) is 26.5. The molecule has 0 bridgehead atoms. The lowest BCUT2D eigenvalue weighted by Gasteiger charge is -2.06. The van der Waals surface area contributed by atoms with Crippen LogP contribution in [0.25, 0.3) is 10.9 Å². The van der Waals surface area contributed by atoms with Gasteiger partial charge in [0.15, 0.2) is 0 Å². The van der Waals surface area contributed by atoms with Crippen molar-refractivity contribution in [1.82, 2.24) is 8.96 Å². The van der Waals surface area contributed by atoms with Crippen molar-refractivity contribution in [3.8, 4) is 0 Å². The number of H-pyrrole nitrogens is 1. The summed E-state index contributed by atoms with van der Waals surface area (Å²) in [5.41, 5.74) is -1.52. The highest BCUT2D eigenvalue weighted by Crippen LogP contribution is 2.14. The Hall–Kier alpha value is -2.19. The number of thiophene rings is 1.